The highest BCUT2D eigenvalue weighted by molar-refractivity contribution is 4.62. The minimum atomic E-state index is 0.628. The fourth-order valence-electron chi connectivity index (χ4n) is 4.88. The Morgan fingerprint density at radius 1 is 0.367 bits per heavy atom. The molecular weight excluding hydrogens is 360 g/mol. The molecule has 5 unspecified atom stereocenters. The molecule has 5 atom stereocenters. The molecule has 0 saturated carbocycles. The molecule has 1 radical (unpaired) electrons. The molecule has 0 aromatic rings. The standard InChI is InChI=1S/C30H61/c1-25(2)15-11-19-29(7)23-13-21-27(5)17-9-10-18-28(6)22-14-24-30(8)20-12-16-26(3)4/h25-30H,1,9-24H2,2-8H3. The van der Waals surface area contributed by atoms with Gasteiger partial charge in [0.1, 0.15) is 0 Å². The molecule has 0 fully saturated rings. The fourth-order valence-corrected chi connectivity index (χ4v) is 4.88. The lowest BCUT2D eigenvalue weighted by molar-refractivity contribution is 0.369. The molecule has 0 spiro atoms. The Hall–Kier alpha value is 0. The summed E-state index contributed by atoms with van der Waals surface area (Å²) in [4.78, 5) is 0. The van der Waals surface area contributed by atoms with E-state index in [-0.39, 0.29) is 0 Å². The topological polar surface area (TPSA) is 0 Å². The summed E-state index contributed by atoms with van der Waals surface area (Å²) in [7, 11) is 0. The molecule has 0 aromatic heterocycles. The smallest absolute Gasteiger partial charge is 0.0443 e. The largest absolute Gasteiger partial charge is 0.0628 e. The van der Waals surface area contributed by atoms with E-state index in [1.54, 1.807) is 0 Å². The zero-order chi connectivity index (χ0) is 22.8. The van der Waals surface area contributed by atoms with Crippen molar-refractivity contribution in [3.05, 3.63) is 6.92 Å². The quantitative estimate of drug-likeness (QED) is 0.162. The average molecular weight is 422 g/mol. The van der Waals surface area contributed by atoms with Gasteiger partial charge in [-0.1, -0.05) is 158 Å². The van der Waals surface area contributed by atoms with Crippen LogP contribution < -0.4 is 0 Å². The van der Waals surface area contributed by atoms with Crippen LogP contribution >= 0.6 is 0 Å². The Morgan fingerprint density at radius 3 is 0.933 bits per heavy atom. The summed E-state index contributed by atoms with van der Waals surface area (Å²) in [6.07, 6.45) is 22.8. The van der Waals surface area contributed by atoms with E-state index < -0.39 is 0 Å². The molecule has 0 rings (SSSR count). The van der Waals surface area contributed by atoms with E-state index in [9.17, 15) is 0 Å². The maximum atomic E-state index is 4.10. The van der Waals surface area contributed by atoms with Gasteiger partial charge in [0.15, 0.2) is 0 Å². The van der Waals surface area contributed by atoms with Crippen molar-refractivity contribution >= 4 is 0 Å². The zero-order valence-corrected chi connectivity index (χ0v) is 22.5. The number of rotatable bonds is 21. The summed E-state index contributed by atoms with van der Waals surface area (Å²) >= 11 is 0. The molecule has 0 bridgehead atoms. The van der Waals surface area contributed by atoms with Crippen molar-refractivity contribution in [2.75, 3.05) is 0 Å². The SMILES string of the molecule is [CH2]C(C)CCCC(C)CCCC(C)CCCCC(C)CCCC(C)CCCC(C)C. The average Bonchev–Trinajstić information content (AvgIpc) is 2.64. The van der Waals surface area contributed by atoms with Gasteiger partial charge in [0.05, 0.1) is 0 Å². The molecule has 0 aliphatic rings. The highest BCUT2D eigenvalue weighted by Gasteiger charge is 2.09. The van der Waals surface area contributed by atoms with Crippen LogP contribution in [-0.2, 0) is 0 Å². The van der Waals surface area contributed by atoms with Crippen molar-refractivity contribution in [2.24, 2.45) is 35.5 Å². The van der Waals surface area contributed by atoms with Gasteiger partial charge in [0, 0.05) is 0 Å². The fraction of sp³-hybridized carbons (Fsp3) is 0.967. The summed E-state index contributed by atoms with van der Waals surface area (Å²) in [6.45, 7) is 20.9. The first-order chi connectivity index (χ1) is 14.2. The molecule has 0 nitrogen and oxygen atoms in total. The van der Waals surface area contributed by atoms with Crippen molar-refractivity contribution in [1.82, 2.24) is 0 Å². The van der Waals surface area contributed by atoms with Crippen LogP contribution in [0.4, 0.5) is 0 Å². The first-order valence-electron chi connectivity index (χ1n) is 14.0. The van der Waals surface area contributed by atoms with Crippen LogP contribution in [0.25, 0.3) is 0 Å². The van der Waals surface area contributed by atoms with Gasteiger partial charge in [-0.3, -0.25) is 0 Å². The van der Waals surface area contributed by atoms with Crippen LogP contribution in [0.5, 0.6) is 0 Å². The number of hydrogen-bond donors (Lipinski definition) is 0. The molecule has 181 valence electrons. The van der Waals surface area contributed by atoms with E-state index in [1.807, 2.05) is 0 Å². The molecule has 0 N–H and O–H groups in total. The predicted molar refractivity (Wildman–Crippen MR) is 140 cm³/mol. The lowest BCUT2D eigenvalue weighted by Crippen LogP contribution is -2.01. The molecule has 0 saturated heterocycles. The van der Waals surface area contributed by atoms with Crippen LogP contribution in [0.15, 0.2) is 0 Å². The van der Waals surface area contributed by atoms with E-state index in [4.69, 9.17) is 0 Å². The summed E-state index contributed by atoms with van der Waals surface area (Å²) in [5, 5.41) is 0. The molecule has 0 aliphatic carbocycles. The third-order valence-electron chi connectivity index (χ3n) is 7.30. The number of unbranched alkanes of at least 4 members (excludes halogenated alkanes) is 1. The summed E-state index contributed by atoms with van der Waals surface area (Å²) in [5.41, 5.74) is 0. The van der Waals surface area contributed by atoms with Crippen LogP contribution in [0.3, 0.4) is 0 Å². The second kappa shape index (κ2) is 19.7. The van der Waals surface area contributed by atoms with Crippen LogP contribution in [0.1, 0.15) is 151 Å². The van der Waals surface area contributed by atoms with Gasteiger partial charge in [-0.25, -0.2) is 0 Å². The van der Waals surface area contributed by atoms with Crippen LogP contribution in [0, 0.1) is 42.4 Å². The van der Waals surface area contributed by atoms with Crippen LogP contribution in [0.2, 0.25) is 0 Å². The Labute approximate surface area is 193 Å². The molecular formula is C30H61. The van der Waals surface area contributed by atoms with Gasteiger partial charge < -0.3 is 0 Å². The maximum Gasteiger partial charge on any atom is -0.0443 e. The lowest BCUT2D eigenvalue weighted by Gasteiger charge is -2.16. The first-order valence-corrected chi connectivity index (χ1v) is 14.0. The van der Waals surface area contributed by atoms with E-state index in [0.717, 1.165) is 29.6 Å². The Morgan fingerprint density at radius 2 is 0.633 bits per heavy atom. The lowest BCUT2D eigenvalue weighted by atomic mass is 9.90. The van der Waals surface area contributed by atoms with Crippen molar-refractivity contribution in [2.45, 2.75) is 151 Å². The second-order valence-electron chi connectivity index (χ2n) is 11.9. The predicted octanol–water partition coefficient (Wildman–Crippen LogP) is 10.9. The summed E-state index contributed by atoms with van der Waals surface area (Å²) in [5.74, 6) is 5.22. The summed E-state index contributed by atoms with van der Waals surface area (Å²) in [6, 6.07) is 0. The molecule has 0 heteroatoms. The molecule has 0 aromatic carbocycles. The minimum Gasteiger partial charge on any atom is -0.0628 e. The second-order valence-corrected chi connectivity index (χ2v) is 11.9. The summed E-state index contributed by atoms with van der Waals surface area (Å²) < 4.78 is 0. The first kappa shape index (κ1) is 30.0. The van der Waals surface area contributed by atoms with Crippen molar-refractivity contribution in [1.29, 1.82) is 0 Å². The van der Waals surface area contributed by atoms with E-state index in [2.05, 4.69) is 55.4 Å². The van der Waals surface area contributed by atoms with Crippen molar-refractivity contribution in [3.63, 3.8) is 0 Å². The molecule has 30 heavy (non-hydrogen) atoms. The molecule has 0 aliphatic heterocycles. The molecule has 0 amide bonds. The van der Waals surface area contributed by atoms with Crippen molar-refractivity contribution < 1.29 is 0 Å². The van der Waals surface area contributed by atoms with E-state index in [1.165, 1.54) is 103 Å². The highest BCUT2D eigenvalue weighted by Crippen LogP contribution is 2.24. The minimum absolute atomic E-state index is 0.628. The van der Waals surface area contributed by atoms with Crippen molar-refractivity contribution in [3.8, 4) is 0 Å². The van der Waals surface area contributed by atoms with E-state index >= 15 is 0 Å². The Kier molecular flexibility index (Phi) is 19.7. The van der Waals surface area contributed by atoms with Gasteiger partial charge in [-0.05, 0) is 35.5 Å². The van der Waals surface area contributed by atoms with E-state index in [0.29, 0.717) is 5.92 Å². The maximum absolute atomic E-state index is 4.10. The highest BCUT2D eigenvalue weighted by atomic mass is 14.1. The van der Waals surface area contributed by atoms with Gasteiger partial charge >= 0.3 is 0 Å². The van der Waals surface area contributed by atoms with Gasteiger partial charge in [-0.15, -0.1) is 0 Å². The third-order valence-corrected chi connectivity index (χ3v) is 7.30. The zero-order valence-electron chi connectivity index (χ0n) is 22.5. The van der Waals surface area contributed by atoms with Gasteiger partial charge in [0.2, 0.25) is 0 Å². The monoisotopic (exact) mass is 421 g/mol. The van der Waals surface area contributed by atoms with Gasteiger partial charge in [-0.2, -0.15) is 0 Å². The normalized spacial score (nSPS) is 16.2. The third kappa shape index (κ3) is 21.2. The van der Waals surface area contributed by atoms with Gasteiger partial charge in [0.25, 0.3) is 0 Å². The van der Waals surface area contributed by atoms with Crippen LogP contribution in [-0.4, -0.2) is 0 Å². The molecule has 0 heterocycles. The number of hydrogen-bond acceptors (Lipinski definition) is 0. The Bertz CT molecular complexity index is 308. The Balaban J connectivity index is 3.54.